The van der Waals surface area contributed by atoms with E-state index in [1.807, 2.05) is 0 Å². The number of thiophene rings is 1. The third kappa shape index (κ3) is 6.04. The van der Waals surface area contributed by atoms with E-state index in [-0.39, 0.29) is 18.5 Å². The maximum atomic E-state index is 13.2. The fraction of sp³-hybridized carbons (Fsp3) is 0.250. The van der Waals surface area contributed by atoms with Crippen molar-refractivity contribution in [3.63, 3.8) is 0 Å². The van der Waals surface area contributed by atoms with Gasteiger partial charge in [-0.05, 0) is 48.2 Å². The van der Waals surface area contributed by atoms with Gasteiger partial charge in [0.05, 0.1) is 23.4 Å². The lowest BCUT2D eigenvalue weighted by molar-refractivity contribution is -0.141. The number of hydrogen-bond donors (Lipinski definition) is 1. The maximum Gasteiger partial charge on any atom is 0.433 e. The molecule has 0 fully saturated rings. The highest BCUT2D eigenvalue weighted by molar-refractivity contribution is 7.91. The Labute approximate surface area is 186 Å². The molecule has 0 atom stereocenters. The van der Waals surface area contributed by atoms with Gasteiger partial charge in [-0.15, -0.1) is 11.3 Å². The van der Waals surface area contributed by atoms with Crippen molar-refractivity contribution in [3.8, 4) is 16.3 Å². The normalized spacial score (nSPS) is 11.9. The predicted octanol–water partition coefficient (Wildman–Crippen LogP) is 4.43. The number of aromatic nitrogens is 2. The SMILES string of the molecule is COc1ccc(NC(=O)CCCS(=O)(=O)c2nc(-c3cccs3)cc(C(F)(F)F)n2)cc1. The summed E-state index contributed by atoms with van der Waals surface area (Å²) in [5.74, 6) is -0.402. The van der Waals surface area contributed by atoms with Gasteiger partial charge >= 0.3 is 6.18 Å². The quantitative estimate of drug-likeness (QED) is 0.474. The Hall–Kier alpha value is -2.99. The summed E-state index contributed by atoms with van der Waals surface area (Å²) in [7, 11) is -2.74. The average Bonchev–Trinajstić information content (AvgIpc) is 3.28. The molecule has 7 nitrogen and oxygen atoms in total. The van der Waals surface area contributed by atoms with Crippen LogP contribution in [-0.2, 0) is 20.8 Å². The molecule has 0 saturated carbocycles. The molecule has 0 aliphatic rings. The molecule has 0 saturated heterocycles. The van der Waals surface area contributed by atoms with Crippen molar-refractivity contribution in [2.24, 2.45) is 0 Å². The molecule has 0 aliphatic heterocycles. The highest BCUT2D eigenvalue weighted by Gasteiger charge is 2.35. The zero-order valence-corrected chi connectivity index (χ0v) is 18.4. The van der Waals surface area contributed by atoms with E-state index in [9.17, 15) is 26.4 Å². The molecule has 3 rings (SSSR count). The number of benzene rings is 1. The summed E-state index contributed by atoms with van der Waals surface area (Å²) in [6.07, 6.45) is -5.10. The summed E-state index contributed by atoms with van der Waals surface area (Å²) >= 11 is 1.13. The minimum absolute atomic E-state index is 0.113. The van der Waals surface area contributed by atoms with Gasteiger partial charge in [0.2, 0.25) is 20.9 Å². The number of hydrogen-bond acceptors (Lipinski definition) is 7. The van der Waals surface area contributed by atoms with Gasteiger partial charge in [-0.25, -0.2) is 18.4 Å². The number of sulfone groups is 1. The van der Waals surface area contributed by atoms with Crippen molar-refractivity contribution in [1.29, 1.82) is 0 Å². The molecule has 1 amide bonds. The predicted molar refractivity (Wildman–Crippen MR) is 113 cm³/mol. The van der Waals surface area contributed by atoms with Gasteiger partial charge in [0, 0.05) is 12.1 Å². The van der Waals surface area contributed by atoms with Crippen LogP contribution >= 0.6 is 11.3 Å². The van der Waals surface area contributed by atoms with Gasteiger partial charge in [-0.3, -0.25) is 4.79 Å². The van der Waals surface area contributed by atoms with Crippen LogP contribution in [0.3, 0.4) is 0 Å². The summed E-state index contributed by atoms with van der Waals surface area (Å²) in [5.41, 5.74) is -0.967. The van der Waals surface area contributed by atoms with Gasteiger partial charge in [0.1, 0.15) is 11.4 Å². The number of carbonyl (C=O) groups excluding carboxylic acids is 1. The average molecular weight is 486 g/mol. The Morgan fingerprint density at radius 3 is 2.47 bits per heavy atom. The van der Waals surface area contributed by atoms with E-state index in [1.54, 1.807) is 35.7 Å². The van der Waals surface area contributed by atoms with Crippen molar-refractivity contribution in [2.45, 2.75) is 24.2 Å². The molecular formula is C20H18F3N3O4S2. The summed E-state index contributed by atoms with van der Waals surface area (Å²) < 4.78 is 70.0. The Balaban J connectivity index is 1.70. The summed E-state index contributed by atoms with van der Waals surface area (Å²) in [6.45, 7) is 0. The van der Waals surface area contributed by atoms with Crippen molar-refractivity contribution < 1.29 is 31.1 Å². The van der Waals surface area contributed by atoms with Gasteiger partial charge in [0.25, 0.3) is 0 Å². The Bertz CT molecular complexity index is 1180. The molecule has 1 N–H and O–H groups in total. The molecule has 0 radical (unpaired) electrons. The van der Waals surface area contributed by atoms with Crippen molar-refractivity contribution in [2.75, 3.05) is 18.2 Å². The van der Waals surface area contributed by atoms with Crippen molar-refractivity contribution in [1.82, 2.24) is 9.97 Å². The van der Waals surface area contributed by atoms with E-state index >= 15 is 0 Å². The van der Waals surface area contributed by atoms with Crippen LogP contribution in [0.1, 0.15) is 18.5 Å². The lowest BCUT2D eigenvalue weighted by Crippen LogP contribution is -2.18. The number of rotatable bonds is 8. The van der Waals surface area contributed by atoms with Crippen LogP contribution in [0.5, 0.6) is 5.75 Å². The van der Waals surface area contributed by atoms with Crippen LogP contribution in [-0.4, -0.2) is 37.2 Å². The number of carbonyl (C=O) groups is 1. The maximum absolute atomic E-state index is 13.2. The Morgan fingerprint density at radius 1 is 1.16 bits per heavy atom. The lowest BCUT2D eigenvalue weighted by Gasteiger charge is -2.10. The molecule has 0 bridgehead atoms. The number of alkyl halides is 3. The molecule has 32 heavy (non-hydrogen) atoms. The zero-order valence-electron chi connectivity index (χ0n) is 16.7. The third-order valence-electron chi connectivity index (χ3n) is 4.24. The second kappa shape index (κ2) is 9.65. The zero-order chi connectivity index (χ0) is 23.4. The monoisotopic (exact) mass is 485 g/mol. The van der Waals surface area contributed by atoms with Crippen LogP contribution in [0.4, 0.5) is 18.9 Å². The number of halogens is 3. The largest absolute Gasteiger partial charge is 0.497 e. The van der Waals surface area contributed by atoms with E-state index in [0.717, 1.165) is 11.3 Å². The first kappa shape index (κ1) is 23.7. The van der Waals surface area contributed by atoms with Crippen LogP contribution in [0.25, 0.3) is 10.6 Å². The molecule has 0 aliphatic carbocycles. The highest BCUT2D eigenvalue weighted by atomic mass is 32.2. The fourth-order valence-corrected chi connectivity index (χ4v) is 4.54. The Kier molecular flexibility index (Phi) is 7.14. The van der Waals surface area contributed by atoms with Gasteiger partial charge in [-0.2, -0.15) is 13.2 Å². The minimum atomic E-state index is -4.84. The standard InChI is InChI=1S/C20H18F3N3O4S2/c1-30-14-8-6-13(7-9-14)24-18(27)5-3-11-32(28,29)19-25-15(16-4-2-10-31-16)12-17(26-19)20(21,22)23/h2,4,6-10,12H,3,5,11H2,1H3,(H,24,27). The number of amides is 1. The highest BCUT2D eigenvalue weighted by Crippen LogP contribution is 2.32. The summed E-state index contributed by atoms with van der Waals surface area (Å²) in [6, 6.07) is 10.4. The number of anilines is 1. The number of nitrogens with one attached hydrogen (secondary N) is 1. The molecule has 0 unspecified atom stereocenters. The third-order valence-corrected chi connectivity index (χ3v) is 6.70. The van der Waals surface area contributed by atoms with Crippen LogP contribution in [0, 0.1) is 0 Å². The molecule has 2 heterocycles. The van der Waals surface area contributed by atoms with Gasteiger partial charge in [-0.1, -0.05) is 6.07 Å². The molecular weight excluding hydrogens is 467 g/mol. The smallest absolute Gasteiger partial charge is 0.433 e. The number of ether oxygens (including phenoxy) is 1. The van der Waals surface area contributed by atoms with Gasteiger partial charge < -0.3 is 10.1 Å². The van der Waals surface area contributed by atoms with E-state index in [4.69, 9.17) is 4.74 Å². The first-order chi connectivity index (χ1) is 15.1. The summed E-state index contributed by atoms with van der Waals surface area (Å²) in [5, 5.41) is 3.34. The Morgan fingerprint density at radius 2 is 1.88 bits per heavy atom. The van der Waals surface area contributed by atoms with E-state index < -0.39 is 38.5 Å². The minimum Gasteiger partial charge on any atom is -0.497 e. The number of nitrogens with zero attached hydrogens (tertiary/aromatic N) is 2. The van der Waals surface area contributed by atoms with Crippen LogP contribution in [0.2, 0.25) is 0 Å². The first-order valence-corrected chi connectivity index (χ1v) is 11.8. The molecule has 3 aromatic rings. The van der Waals surface area contributed by atoms with Crippen molar-refractivity contribution in [3.05, 3.63) is 53.5 Å². The molecule has 0 spiro atoms. The van der Waals surface area contributed by atoms with E-state index in [1.165, 1.54) is 13.2 Å². The first-order valence-electron chi connectivity index (χ1n) is 9.25. The second-order valence-electron chi connectivity index (χ2n) is 6.60. The van der Waals surface area contributed by atoms with Crippen LogP contribution < -0.4 is 10.1 Å². The van der Waals surface area contributed by atoms with E-state index in [2.05, 4.69) is 15.3 Å². The molecule has 12 heteroatoms. The fourth-order valence-electron chi connectivity index (χ4n) is 2.67. The number of methoxy groups -OCH3 is 1. The summed E-state index contributed by atoms with van der Waals surface area (Å²) in [4.78, 5) is 19.5. The van der Waals surface area contributed by atoms with Crippen molar-refractivity contribution >= 4 is 32.8 Å². The second-order valence-corrected chi connectivity index (χ2v) is 9.55. The molecule has 1 aromatic carbocycles. The lowest BCUT2D eigenvalue weighted by atomic mass is 10.2. The van der Waals surface area contributed by atoms with Gasteiger partial charge in [0.15, 0.2) is 0 Å². The van der Waals surface area contributed by atoms with Crippen LogP contribution in [0.15, 0.2) is 53.0 Å². The van der Waals surface area contributed by atoms with E-state index in [0.29, 0.717) is 22.4 Å². The molecule has 170 valence electrons. The molecule has 2 aromatic heterocycles. The topological polar surface area (TPSA) is 98.2 Å².